The van der Waals surface area contributed by atoms with Crippen LogP contribution < -0.4 is 15.5 Å². The van der Waals surface area contributed by atoms with Crippen molar-refractivity contribution in [2.75, 3.05) is 23.3 Å². The van der Waals surface area contributed by atoms with Crippen LogP contribution >= 0.6 is 0 Å². The van der Waals surface area contributed by atoms with E-state index in [1.165, 1.54) is 12.1 Å². The first-order valence-corrected chi connectivity index (χ1v) is 11.9. The molecular formula is C27H30F3N3O3. The minimum Gasteiger partial charge on any atom is -0.467 e. The molecule has 1 aromatic heterocycles. The van der Waals surface area contributed by atoms with Gasteiger partial charge in [-0.1, -0.05) is 26.3 Å². The minimum atomic E-state index is -4.56. The van der Waals surface area contributed by atoms with E-state index in [0.717, 1.165) is 37.2 Å². The Morgan fingerprint density at radius 3 is 2.44 bits per heavy atom. The van der Waals surface area contributed by atoms with Gasteiger partial charge in [-0.05, 0) is 61.4 Å². The molecule has 0 saturated heterocycles. The molecule has 0 saturated carbocycles. The number of amides is 2. The van der Waals surface area contributed by atoms with Crippen LogP contribution in [0.3, 0.4) is 0 Å². The maximum atomic E-state index is 13.1. The van der Waals surface area contributed by atoms with E-state index in [0.29, 0.717) is 36.6 Å². The molecule has 3 aromatic rings. The highest BCUT2D eigenvalue weighted by Gasteiger charge is 2.31. The Morgan fingerprint density at radius 1 is 0.972 bits per heavy atom. The van der Waals surface area contributed by atoms with Crippen LogP contribution in [0.1, 0.15) is 65.1 Å². The SMILES string of the molecule is CCCCN(Cc1ccco1)c1ccc(NC(=O)c2cccc(C(F)(F)F)c2)cc1C(=O)NCCC. The Labute approximate surface area is 208 Å². The third-order valence-corrected chi connectivity index (χ3v) is 5.54. The highest BCUT2D eigenvalue weighted by Crippen LogP contribution is 2.30. The van der Waals surface area contributed by atoms with Gasteiger partial charge in [0.25, 0.3) is 11.8 Å². The summed E-state index contributed by atoms with van der Waals surface area (Å²) in [6.45, 7) is 5.63. The van der Waals surface area contributed by atoms with Crippen molar-refractivity contribution in [1.29, 1.82) is 0 Å². The molecule has 0 fully saturated rings. The van der Waals surface area contributed by atoms with Gasteiger partial charge in [0, 0.05) is 24.3 Å². The standard InChI is InChI=1S/C27H30F3N3O3/c1-3-5-14-33(18-22-10-7-15-36-22)24-12-11-21(17-23(24)26(35)31-13-4-2)32-25(34)19-8-6-9-20(16-19)27(28,29)30/h6-12,15-17H,3-5,13-14,18H2,1-2H3,(H,31,35)(H,32,34). The predicted octanol–water partition coefficient (Wildman–Crippen LogP) is 6.50. The monoisotopic (exact) mass is 501 g/mol. The number of nitrogens with one attached hydrogen (secondary N) is 2. The zero-order valence-corrected chi connectivity index (χ0v) is 20.3. The zero-order chi connectivity index (χ0) is 26.1. The first kappa shape index (κ1) is 26.8. The Kier molecular flexibility index (Phi) is 9.16. The molecule has 1 heterocycles. The van der Waals surface area contributed by atoms with E-state index in [2.05, 4.69) is 17.6 Å². The summed E-state index contributed by atoms with van der Waals surface area (Å²) in [6, 6.07) is 12.8. The number of hydrogen-bond acceptors (Lipinski definition) is 4. The van der Waals surface area contributed by atoms with Crippen molar-refractivity contribution in [2.45, 2.75) is 45.8 Å². The lowest BCUT2D eigenvalue weighted by molar-refractivity contribution is -0.137. The summed E-state index contributed by atoms with van der Waals surface area (Å²) in [6.07, 6.45) is -0.367. The third-order valence-electron chi connectivity index (χ3n) is 5.54. The van der Waals surface area contributed by atoms with Gasteiger partial charge in [0.2, 0.25) is 0 Å². The van der Waals surface area contributed by atoms with Crippen molar-refractivity contribution in [3.05, 3.63) is 83.3 Å². The summed E-state index contributed by atoms with van der Waals surface area (Å²) in [4.78, 5) is 27.8. The zero-order valence-electron chi connectivity index (χ0n) is 20.3. The van der Waals surface area contributed by atoms with E-state index in [1.54, 1.807) is 30.5 Å². The highest BCUT2D eigenvalue weighted by atomic mass is 19.4. The number of unbranched alkanes of at least 4 members (excludes halogenated alkanes) is 1. The van der Waals surface area contributed by atoms with E-state index in [9.17, 15) is 22.8 Å². The molecule has 36 heavy (non-hydrogen) atoms. The van der Waals surface area contributed by atoms with Crippen molar-refractivity contribution in [3.63, 3.8) is 0 Å². The average molecular weight is 502 g/mol. The summed E-state index contributed by atoms with van der Waals surface area (Å²) in [7, 11) is 0. The topological polar surface area (TPSA) is 74.6 Å². The summed E-state index contributed by atoms with van der Waals surface area (Å²) in [5.41, 5.74) is 0.289. The number of carbonyl (C=O) groups excluding carboxylic acids is 2. The summed E-state index contributed by atoms with van der Waals surface area (Å²) >= 11 is 0. The largest absolute Gasteiger partial charge is 0.467 e. The molecule has 192 valence electrons. The number of benzene rings is 2. The maximum absolute atomic E-state index is 13.1. The molecule has 0 aliphatic carbocycles. The fraction of sp³-hybridized carbons (Fsp3) is 0.333. The van der Waals surface area contributed by atoms with Crippen molar-refractivity contribution < 1.29 is 27.2 Å². The number of carbonyl (C=O) groups is 2. The molecule has 2 aromatic carbocycles. The van der Waals surface area contributed by atoms with Gasteiger partial charge in [0.05, 0.1) is 29.6 Å². The molecule has 9 heteroatoms. The lowest BCUT2D eigenvalue weighted by Crippen LogP contribution is -2.30. The maximum Gasteiger partial charge on any atom is 0.416 e. The second-order valence-electron chi connectivity index (χ2n) is 8.37. The number of halogens is 3. The fourth-order valence-corrected chi connectivity index (χ4v) is 3.67. The second-order valence-corrected chi connectivity index (χ2v) is 8.37. The van der Waals surface area contributed by atoms with Crippen molar-refractivity contribution >= 4 is 23.2 Å². The van der Waals surface area contributed by atoms with Gasteiger partial charge in [-0.3, -0.25) is 9.59 Å². The number of hydrogen-bond donors (Lipinski definition) is 2. The smallest absolute Gasteiger partial charge is 0.416 e. The molecule has 3 rings (SSSR count). The van der Waals surface area contributed by atoms with Crippen LogP contribution in [0.2, 0.25) is 0 Å². The molecular weight excluding hydrogens is 471 g/mol. The lowest BCUT2D eigenvalue weighted by Gasteiger charge is -2.26. The summed E-state index contributed by atoms with van der Waals surface area (Å²) in [5, 5.41) is 5.49. The Bertz CT molecular complexity index is 1160. The quantitative estimate of drug-likeness (QED) is 0.315. The van der Waals surface area contributed by atoms with E-state index in [1.807, 2.05) is 17.9 Å². The Balaban J connectivity index is 1.92. The number of furan rings is 1. The van der Waals surface area contributed by atoms with Crippen LogP contribution in [0.5, 0.6) is 0 Å². The molecule has 0 bridgehead atoms. The van der Waals surface area contributed by atoms with Crippen LogP contribution in [-0.2, 0) is 12.7 Å². The van der Waals surface area contributed by atoms with Gasteiger partial charge < -0.3 is 20.0 Å². The van der Waals surface area contributed by atoms with E-state index >= 15 is 0 Å². The second kappa shape index (κ2) is 12.3. The van der Waals surface area contributed by atoms with E-state index in [-0.39, 0.29) is 11.5 Å². The van der Waals surface area contributed by atoms with Crippen LogP contribution in [0.15, 0.2) is 65.3 Å². The predicted molar refractivity (Wildman–Crippen MR) is 133 cm³/mol. The summed E-state index contributed by atoms with van der Waals surface area (Å²) in [5.74, 6) is -0.261. The van der Waals surface area contributed by atoms with E-state index in [4.69, 9.17) is 4.42 Å². The van der Waals surface area contributed by atoms with Gasteiger partial charge in [0.15, 0.2) is 0 Å². The number of alkyl halides is 3. The molecule has 0 aliphatic rings. The molecule has 0 unspecified atom stereocenters. The molecule has 0 spiro atoms. The van der Waals surface area contributed by atoms with Crippen molar-refractivity contribution in [1.82, 2.24) is 5.32 Å². The van der Waals surface area contributed by atoms with Gasteiger partial charge in [-0.15, -0.1) is 0 Å². The molecule has 6 nitrogen and oxygen atoms in total. The molecule has 0 aliphatic heterocycles. The number of rotatable bonds is 11. The first-order valence-electron chi connectivity index (χ1n) is 11.9. The van der Waals surface area contributed by atoms with Crippen molar-refractivity contribution in [2.24, 2.45) is 0 Å². The Morgan fingerprint density at radius 2 is 1.78 bits per heavy atom. The van der Waals surface area contributed by atoms with Gasteiger partial charge in [-0.2, -0.15) is 13.2 Å². The fourth-order valence-electron chi connectivity index (χ4n) is 3.67. The van der Waals surface area contributed by atoms with Crippen LogP contribution in [-0.4, -0.2) is 24.9 Å². The Hall–Kier alpha value is -3.75. The lowest BCUT2D eigenvalue weighted by atomic mass is 10.1. The molecule has 2 amide bonds. The number of anilines is 2. The van der Waals surface area contributed by atoms with Gasteiger partial charge in [-0.25, -0.2) is 0 Å². The first-order chi connectivity index (χ1) is 17.2. The van der Waals surface area contributed by atoms with Crippen LogP contribution in [0.25, 0.3) is 0 Å². The van der Waals surface area contributed by atoms with Gasteiger partial charge in [0.1, 0.15) is 5.76 Å². The van der Waals surface area contributed by atoms with Crippen LogP contribution in [0.4, 0.5) is 24.5 Å². The number of nitrogens with zero attached hydrogens (tertiary/aromatic N) is 1. The normalized spacial score (nSPS) is 11.2. The third kappa shape index (κ3) is 7.13. The van der Waals surface area contributed by atoms with Gasteiger partial charge >= 0.3 is 6.18 Å². The average Bonchev–Trinajstić information content (AvgIpc) is 3.38. The molecule has 0 atom stereocenters. The highest BCUT2D eigenvalue weighted by molar-refractivity contribution is 6.06. The van der Waals surface area contributed by atoms with Crippen molar-refractivity contribution in [3.8, 4) is 0 Å². The summed E-state index contributed by atoms with van der Waals surface area (Å²) < 4.78 is 44.7. The molecule has 0 radical (unpaired) electrons. The molecule has 2 N–H and O–H groups in total. The van der Waals surface area contributed by atoms with Crippen LogP contribution in [0, 0.1) is 0 Å². The minimum absolute atomic E-state index is 0.131. The van der Waals surface area contributed by atoms with E-state index < -0.39 is 17.6 Å².